The van der Waals surface area contributed by atoms with Crippen molar-refractivity contribution in [3.8, 4) is 0 Å². The minimum Gasteiger partial charge on any atom is -0.368 e. The summed E-state index contributed by atoms with van der Waals surface area (Å²) in [5.74, 6) is -1.84. The van der Waals surface area contributed by atoms with E-state index < -0.39 is 34.7 Å². The van der Waals surface area contributed by atoms with Crippen LogP contribution in [0.15, 0.2) is 0 Å². The Kier molecular flexibility index (Phi) is 4.11. The predicted octanol–water partition coefficient (Wildman–Crippen LogP) is 0.471. The van der Waals surface area contributed by atoms with E-state index in [9.17, 15) is 33.2 Å². The molecule has 0 rings (SSSR count). The quantitative estimate of drug-likeness (QED) is 0.568. The topological polar surface area (TPSA) is 92.5 Å². The van der Waals surface area contributed by atoms with Gasteiger partial charge in [0, 0.05) is 10.5 Å². The van der Waals surface area contributed by atoms with E-state index in [1.54, 1.807) is 0 Å². The number of hydrogen-bond donors (Lipinski definition) is 2. The lowest BCUT2D eigenvalue weighted by atomic mass is 10.00. The molecule has 9 heteroatoms. The average Bonchev–Trinajstić information content (AvgIpc) is 1.96. The van der Waals surface area contributed by atoms with E-state index in [-0.39, 0.29) is 0 Å². The van der Waals surface area contributed by atoms with Crippen LogP contribution in [0.5, 0.6) is 0 Å². The van der Waals surface area contributed by atoms with Gasteiger partial charge < -0.3 is 10.4 Å². The molecule has 0 saturated carbocycles. The van der Waals surface area contributed by atoms with Gasteiger partial charge >= 0.3 is 11.8 Å². The molecule has 0 radical (unpaired) electrons. The summed E-state index contributed by atoms with van der Waals surface area (Å²) in [6, 6.07) is 0. The van der Waals surface area contributed by atoms with Gasteiger partial charge in [-0.1, -0.05) is 0 Å². The first-order valence-corrected chi connectivity index (χ1v) is 4.53. The SMILES string of the molecule is CC(C)(C)NC(=O)C(O)(C[N+](=O)[O-])C(F)(F)F. The molecule has 6 nitrogen and oxygen atoms in total. The van der Waals surface area contributed by atoms with Crippen molar-refractivity contribution in [2.75, 3.05) is 6.54 Å². The van der Waals surface area contributed by atoms with E-state index in [1.807, 2.05) is 5.32 Å². The molecule has 2 N–H and O–H groups in total. The molecule has 0 aromatic heterocycles. The summed E-state index contributed by atoms with van der Waals surface area (Å²) in [4.78, 5) is 20.0. The van der Waals surface area contributed by atoms with E-state index in [2.05, 4.69) is 0 Å². The molecule has 0 aliphatic rings. The van der Waals surface area contributed by atoms with Crippen molar-refractivity contribution in [1.29, 1.82) is 0 Å². The van der Waals surface area contributed by atoms with Crippen LogP contribution in [-0.4, -0.2) is 39.8 Å². The normalized spacial score (nSPS) is 16.2. The van der Waals surface area contributed by atoms with Gasteiger partial charge in [0.05, 0.1) is 0 Å². The number of nitro groups is 1. The molecule has 0 heterocycles. The van der Waals surface area contributed by atoms with Crippen LogP contribution >= 0.6 is 0 Å². The molecule has 0 bridgehead atoms. The zero-order valence-corrected chi connectivity index (χ0v) is 9.46. The number of nitrogens with one attached hydrogen (secondary N) is 1. The van der Waals surface area contributed by atoms with Gasteiger partial charge in [-0.05, 0) is 20.8 Å². The monoisotopic (exact) mass is 258 g/mol. The van der Waals surface area contributed by atoms with E-state index >= 15 is 0 Å². The smallest absolute Gasteiger partial charge is 0.368 e. The fourth-order valence-electron chi connectivity index (χ4n) is 0.921. The lowest BCUT2D eigenvalue weighted by molar-refractivity contribution is -0.509. The van der Waals surface area contributed by atoms with Crippen molar-refractivity contribution in [2.24, 2.45) is 0 Å². The van der Waals surface area contributed by atoms with Crippen molar-refractivity contribution in [3.63, 3.8) is 0 Å². The Bertz CT molecular complexity index is 324. The number of carbonyl (C=O) groups is 1. The summed E-state index contributed by atoms with van der Waals surface area (Å²) < 4.78 is 37.4. The molecule has 0 aromatic carbocycles. The van der Waals surface area contributed by atoms with E-state index in [0.717, 1.165) is 0 Å². The number of rotatable bonds is 3. The van der Waals surface area contributed by atoms with E-state index in [0.29, 0.717) is 0 Å². The highest BCUT2D eigenvalue weighted by molar-refractivity contribution is 5.86. The van der Waals surface area contributed by atoms with Crippen LogP contribution in [-0.2, 0) is 4.79 Å². The zero-order chi connectivity index (χ0) is 14.1. The Balaban J connectivity index is 5.21. The summed E-state index contributed by atoms with van der Waals surface area (Å²) in [6.07, 6.45) is -5.42. The van der Waals surface area contributed by atoms with Gasteiger partial charge in [0.2, 0.25) is 0 Å². The first-order valence-electron chi connectivity index (χ1n) is 4.53. The molecule has 100 valence electrons. The molecule has 1 amide bonds. The zero-order valence-electron chi connectivity index (χ0n) is 9.46. The van der Waals surface area contributed by atoms with Crippen molar-refractivity contribution in [1.82, 2.24) is 5.32 Å². The molecule has 0 spiro atoms. The van der Waals surface area contributed by atoms with Crippen LogP contribution in [0, 0.1) is 10.1 Å². The van der Waals surface area contributed by atoms with Gasteiger partial charge in [-0.3, -0.25) is 14.9 Å². The van der Waals surface area contributed by atoms with E-state index in [1.165, 1.54) is 20.8 Å². The Morgan fingerprint density at radius 1 is 1.35 bits per heavy atom. The molecule has 0 aromatic rings. The second kappa shape index (κ2) is 4.47. The number of amides is 1. The van der Waals surface area contributed by atoms with Crippen molar-refractivity contribution >= 4 is 5.91 Å². The minimum absolute atomic E-state index is 1.05. The maximum absolute atomic E-state index is 12.5. The van der Waals surface area contributed by atoms with Crippen molar-refractivity contribution < 1.29 is 28.0 Å². The molecule has 1 unspecified atom stereocenters. The van der Waals surface area contributed by atoms with Gasteiger partial charge in [0.1, 0.15) is 0 Å². The molecule has 0 aliphatic heterocycles. The Labute approximate surface area is 94.9 Å². The number of carbonyl (C=O) groups excluding carboxylic acids is 1. The van der Waals surface area contributed by atoms with Crippen LogP contribution in [0.4, 0.5) is 13.2 Å². The van der Waals surface area contributed by atoms with Crippen LogP contribution in [0.25, 0.3) is 0 Å². The standard InChI is InChI=1S/C8H13F3N2O4/c1-6(2,3)12-5(14)7(15,4-13(16)17)8(9,10)11/h15H,4H2,1-3H3,(H,12,14). The van der Waals surface area contributed by atoms with Gasteiger partial charge in [0.25, 0.3) is 12.5 Å². The second-order valence-electron chi connectivity index (χ2n) is 4.55. The van der Waals surface area contributed by atoms with Crippen LogP contribution in [0.2, 0.25) is 0 Å². The summed E-state index contributed by atoms with van der Waals surface area (Å²) >= 11 is 0. The second-order valence-corrected chi connectivity index (χ2v) is 4.55. The fraction of sp³-hybridized carbons (Fsp3) is 0.875. The highest BCUT2D eigenvalue weighted by Crippen LogP contribution is 2.31. The molecule has 0 fully saturated rings. The van der Waals surface area contributed by atoms with Crippen molar-refractivity contribution in [2.45, 2.75) is 38.1 Å². The number of aliphatic hydroxyl groups is 1. The highest BCUT2D eigenvalue weighted by Gasteiger charge is 2.63. The Hall–Kier alpha value is -1.38. The lowest BCUT2D eigenvalue weighted by Gasteiger charge is -2.29. The first-order chi connectivity index (χ1) is 7.29. The number of hydrogen-bond acceptors (Lipinski definition) is 4. The molecular weight excluding hydrogens is 245 g/mol. The predicted molar refractivity (Wildman–Crippen MR) is 50.8 cm³/mol. The third-order valence-electron chi connectivity index (χ3n) is 1.69. The maximum Gasteiger partial charge on any atom is 0.433 e. The summed E-state index contributed by atoms with van der Waals surface area (Å²) in [7, 11) is 0. The molecule has 0 saturated heterocycles. The molecule has 1 atom stereocenters. The summed E-state index contributed by atoms with van der Waals surface area (Å²) in [5, 5.41) is 21.1. The van der Waals surface area contributed by atoms with Gasteiger partial charge in [-0.25, -0.2) is 0 Å². The Morgan fingerprint density at radius 3 is 2.00 bits per heavy atom. The van der Waals surface area contributed by atoms with Gasteiger partial charge in [-0.15, -0.1) is 0 Å². The Morgan fingerprint density at radius 2 is 1.76 bits per heavy atom. The highest BCUT2D eigenvalue weighted by atomic mass is 19.4. The van der Waals surface area contributed by atoms with Crippen LogP contribution < -0.4 is 5.32 Å². The number of halogens is 3. The number of nitrogens with zero attached hydrogens (tertiary/aromatic N) is 1. The largest absolute Gasteiger partial charge is 0.433 e. The molecule has 17 heavy (non-hydrogen) atoms. The van der Waals surface area contributed by atoms with Gasteiger partial charge in [-0.2, -0.15) is 13.2 Å². The molecule has 0 aliphatic carbocycles. The average molecular weight is 258 g/mol. The minimum atomic E-state index is -5.42. The van der Waals surface area contributed by atoms with Crippen molar-refractivity contribution in [3.05, 3.63) is 10.1 Å². The lowest BCUT2D eigenvalue weighted by Crippen LogP contribution is -2.63. The molecular formula is C8H13F3N2O4. The van der Waals surface area contributed by atoms with E-state index in [4.69, 9.17) is 0 Å². The number of alkyl halides is 3. The fourth-order valence-corrected chi connectivity index (χ4v) is 0.921. The first kappa shape index (κ1) is 15.6. The summed E-state index contributed by atoms with van der Waals surface area (Å²) in [6.45, 7) is 2.22. The van der Waals surface area contributed by atoms with Gasteiger partial charge in [0.15, 0.2) is 0 Å². The maximum atomic E-state index is 12.5. The summed E-state index contributed by atoms with van der Waals surface area (Å²) in [5.41, 5.74) is -5.07. The van der Waals surface area contributed by atoms with Crippen LogP contribution in [0.1, 0.15) is 20.8 Å². The third-order valence-corrected chi connectivity index (χ3v) is 1.69. The third kappa shape index (κ3) is 4.17. The van der Waals surface area contributed by atoms with Crippen LogP contribution in [0.3, 0.4) is 0 Å².